The molecule has 4 aromatic carbocycles. The van der Waals surface area contributed by atoms with E-state index in [1.807, 2.05) is 0 Å². The van der Waals surface area contributed by atoms with Gasteiger partial charge < -0.3 is 14.7 Å². The molecule has 4 aromatic rings. The number of benzene rings is 4. The minimum atomic E-state index is -0.297. The molecular formula is C26H20F2N2O3. The van der Waals surface area contributed by atoms with Crippen molar-refractivity contribution in [1.82, 2.24) is 0 Å². The first-order chi connectivity index (χ1) is 16.0. The number of nitrogens with zero attached hydrogens (tertiary/aromatic N) is 2. The summed E-state index contributed by atoms with van der Waals surface area (Å²) in [6, 6.07) is 25.5. The van der Waals surface area contributed by atoms with E-state index in [0.717, 1.165) is 11.1 Å². The zero-order valence-corrected chi connectivity index (χ0v) is 17.5. The van der Waals surface area contributed by atoms with Crippen molar-refractivity contribution in [3.8, 4) is 11.5 Å². The maximum Gasteiger partial charge on any atom is 0.245 e. The first-order valence-electron chi connectivity index (χ1n) is 10.2. The van der Waals surface area contributed by atoms with E-state index < -0.39 is 0 Å². The van der Waals surface area contributed by atoms with Crippen molar-refractivity contribution in [3.63, 3.8) is 0 Å². The van der Waals surface area contributed by atoms with Crippen LogP contribution in [0.5, 0.6) is 11.5 Å². The molecule has 0 heterocycles. The fraction of sp³-hybridized carbons (Fsp3) is 0.0769. The van der Waals surface area contributed by atoms with Crippen LogP contribution < -0.4 is 9.47 Å². The minimum Gasteiger partial charge on any atom is -0.594 e. The molecule has 0 amide bonds. The molecule has 0 aliphatic rings. The van der Waals surface area contributed by atoms with Crippen LogP contribution in [0.15, 0.2) is 102 Å². The summed E-state index contributed by atoms with van der Waals surface area (Å²) in [5.41, 5.74) is 2.50. The summed E-state index contributed by atoms with van der Waals surface area (Å²) in [6.45, 7) is 0.598. The lowest BCUT2D eigenvalue weighted by Crippen LogP contribution is -1.96. The number of ether oxygens (including phenoxy) is 2. The van der Waals surface area contributed by atoms with Gasteiger partial charge in [0.05, 0.1) is 0 Å². The van der Waals surface area contributed by atoms with E-state index in [0.29, 0.717) is 40.9 Å². The molecule has 0 atom stereocenters. The van der Waals surface area contributed by atoms with Crippen LogP contribution in [-0.4, -0.2) is 4.86 Å². The fourth-order valence-electron chi connectivity index (χ4n) is 2.94. The van der Waals surface area contributed by atoms with Gasteiger partial charge in [-0.3, -0.25) is 0 Å². The average Bonchev–Trinajstić information content (AvgIpc) is 2.84. The van der Waals surface area contributed by atoms with Crippen molar-refractivity contribution < 1.29 is 23.1 Å². The highest BCUT2D eigenvalue weighted by molar-refractivity contribution is 5.41. The topological polar surface area (TPSA) is 56.9 Å². The van der Waals surface area contributed by atoms with E-state index in [1.165, 1.54) is 24.3 Å². The summed E-state index contributed by atoms with van der Waals surface area (Å²) < 4.78 is 37.2. The Hall–Kier alpha value is -4.26. The van der Waals surface area contributed by atoms with Gasteiger partial charge in [0.25, 0.3) is 0 Å². The SMILES string of the molecule is [O-][N+](=Nc1ccc(OCc2ccc(F)cc2)cc1)c1ccc(OCc2ccc(F)cc2)cc1. The zero-order valence-electron chi connectivity index (χ0n) is 17.5. The van der Waals surface area contributed by atoms with E-state index >= 15 is 0 Å². The Morgan fingerprint density at radius 2 is 1.03 bits per heavy atom. The second-order valence-corrected chi connectivity index (χ2v) is 7.19. The molecule has 33 heavy (non-hydrogen) atoms. The van der Waals surface area contributed by atoms with Crippen LogP contribution in [0.4, 0.5) is 20.2 Å². The highest BCUT2D eigenvalue weighted by Gasteiger charge is 2.06. The molecule has 5 nitrogen and oxygen atoms in total. The fourth-order valence-corrected chi connectivity index (χ4v) is 2.94. The molecule has 0 saturated carbocycles. The number of halogens is 2. The van der Waals surface area contributed by atoms with Crippen LogP contribution in [-0.2, 0) is 13.2 Å². The smallest absolute Gasteiger partial charge is 0.245 e. The predicted octanol–water partition coefficient (Wildman–Crippen LogP) is 7.05. The molecule has 0 saturated heterocycles. The monoisotopic (exact) mass is 446 g/mol. The minimum absolute atomic E-state index is 0.292. The summed E-state index contributed by atoms with van der Waals surface area (Å²) in [7, 11) is 0. The van der Waals surface area contributed by atoms with Gasteiger partial charge in [-0.05, 0) is 71.8 Å². The molecule has 0 spiro atoms. The first-order valence-corrected chi connectivity index (χ1v) is 10.2. The second-order valence-electron chi connectivity index (χ2n) is 7.19. The maximum absolute atomic E-state index is 13.0. The summed E-state index contributed by atoms with van der Waals surface area (Å²) in [4.78, 5) is 0.526. The second kappa shape index (κ2) is 10.4. The Morgan fingerprint density at radius 1 is 0.606 bits per heavy atom. The van der Waals surface area contributed by atoms with E-state index in [2.05, 4.69) is 5.11 Å². The number of hydrogen-bond donors (Lipinski definition) is 0. The van der Waals surface area contributed by atoms with Crippen molar-refractivity contribution in [3.05, 3.63) is 125 Å². The molecule has 0 aliphatic carbocycles. The molecule has 0 fully saturated rings. The van der Waals surface area contributed by atoms with Gasteiger partial charge in [-0.25, -0.2) is 8.78 Å². The van der Waals surface area contributed by atoms with E-state index in [4.69, 9.17) is 9.47 Å². The van der Waals surface area contributed by atoms with E-state index in [9.17, 15) is 14.0 Å². The van der Waals surface area contributed by atoms with Gasteiger partial charge in [-0.2, -0.15) is 0 Å². The molecule has 0 bridgehead atoms. The van der Waals surface area contributed by atoms with Crippen LogP contribution in [0, 0.1) is 16.8 Å². The summed E-state index contributed by atoms with van der Waals surface area (Å²) in [5.74, 6) is 0.603. The Morgan fingerprint density at radius 3 is 1.48 bits per heavy atom. The third-order valence-electron chi connectivity index (χ3n) is 4.74. The Kier molecular flexibility index (Phi) is 6.90. The molecule has 0 N–H and O–H groups in total. The zero-order chi connectivity index (χ0) is 23.0. The summed E-state index contributed by atoms with van der Waals surface area (Å²) in [6.07, 6.45) is 0. The molecule has 166 valence electrons. The normalized spacial score (nSPS) is 11.3. The third-order valence-corrected chi connectivity index (χ3v) is 4.74. The lowest BCUT2D eigenvalue weighted by atomic mass is 10.2. The van der Waals surface area contributed by atoms with Crippen molar-refractivity contribution in [2.75, 3.05) is 0 Å². The highest BCUT2D eigenvalue weighted by Crippen LogP contribution is 2.23. The van der Waals surface area contributed by atoms with Gasteiger partial charge in [0.1, 0.15) is 42.0 Å². The number of azo groups is 1. The molecule has 0 radical (unpaired) electrons. The van der Waals surface area contributed by atoms with Gasteiger partial charge in [-0.15, -0.1) is 0 Å². The van der Waals surface area contributed by atoms with Gasteiger partial charge >= 0.3 is 0 Å². The van der Waals surface area contributed by atoms with Gasteiger partial charge in [0, 0.05) is 17.2 Å². The van der Waals surface area contributed by atoms with Crippen molar-refractivity contribution in [1.29, 1.82) is 0 Å². The van der Waals surface area contributed by atoms with Crippen molar-refractivity contribution in [2.24, 2.45) is 5.11 Å². The van der Waals surface area contributed by atoms with E-state index in [-0.39, 0.29) is 11.6 Å². The van der Waals surface area contributed by atoms with Gasteiger partial charge in [0.15, 0.2) is 0 Å². The van der Waals surface area contributed by atoms with Gasteiger partial charge in [0.2, 0.25) is 5.69 Å². The number of hydrogen-bond acceptors (Lipinski definition) is 4. The Labute approximate surface area is 189 Å². The lowest BCUT2D eigenvalue weighted by Gasteiger charge is -2.07. The lowest BCUT2D eigenvalue weighted by molar-refractivity contribution is -0.435. The largest absolute Gasteiger partial charge is 0.594 e. The van der Waals surface area contributed by atoms with Crippen LogP contribution in [0.3, 0.4) is 0 Å². The van der Waals surface area contributed by atoms with Crippen molar-refractivity contribution in [2.45, 2.75) is 13.2 Å². The average molecular weight is 446 g/mol. The predicted molar refractivity (Wildman–Crippen MR) is 120 cm³/mol. The number of rotatable bonds is 8. The first kappa shape index (κ1) is 22.0. The van der Waals surface area contributed by atoms with Crippen LogP contribution in [0.2, 0.25) is 0 Å². The molecule has 7 heteroatoms. The van der Waals surface area contributed by atoms with Crippen LogP contribution in [0.1, 0.15) is 11.1 Å². The standard InChI is InChI=1S/C26H20F2N2O3/c27-21-5-1-19(2-6-21)17-32-25-13-9-23(10-14-25)29-30(31)24-11-15-26(16-12-24)33-18-20-3-7-22(28)8-4-20/h1-16H,17-18H2. The highest BCUT2D eigenvalue weighted by atomic mass is 19.1. The Balaban J connectivity index is 1.32. The quantitative estimate of drug-likeness (QED) is 0.166. The molecule has 0 unspecified atom stereocenters. The molecule has 4 rings (SSSR count). The van der Waals surface area contributed by atoms with Crippen LogP contribution in [0.25, 0.3) is 0 Å². The van der Waals surface area contributed by atoms with E-state index in [1.54, 1.807) is 72.8 Å². The summed E-state index contributed by atoms with van der Waals surface area (Å²) in [5, 5.41) is 16.4. The molecule has 0 aromatic heterocycles. The molecule has 0 aliphatic heterocycles. The maximum atomic E-state index is 13.0. The summed E-state index contributed by atoms with van der Waals surface area (Å²) >= 11 is 0. The van der Waals surface area contributed by atoms with Crippen LogP contribution >= 0.6 is 0 Å². The van der Waals surface area contributed by atoms with Crippen molar-refractivity contribution >= 4 is 11.4 Å². The molecular weight excluding hydrogens is 426 g/mol. The Bertz CT molecular complexity index is 1210. The van der Waals surface area contributed by atoms with Gasteiger partial charge in [-0.1, -0.05) is 29.1 Å². The third kappa shape index (κ3) is 6.36.